The molecule has 5 nitrogen and oxygen atoms in total. The minimum atomic E-state index is 0.101. The second-order valence-corrected chi connectivity index (χ2v) is 8.63. The molecule has 3 aromatic rings. The van der Waals surface area contributed by atoms with Crippen molar-refractivity contribution in [3.05, 3.63) is 60.3 Å². The minimum absolute atomic E-state index is 0.101. The van der Waals surface area contributed by atoms with Crippen LogP contribution in [-0.4, -0.2) is 41.3 Å². The Morgan fingerprint density at radius 3 is 2.87 bits per heavy atom. The van der Waals surface area contributed by atoms with Crippen molar-refractivity contribution in [2.24, 2.45) is 0 Å². The number of para-hydroxylation sites is 1. The Labute approximate surface area is 180 Å². The van der Waals surface area contributed by atoms with Gasteiger partial charge < -0.3 is 14.4 Å². The van der Waals surface area contributed by atoms with E-state index < -0.39 is 0 Å². The third-order valence-electron chi connectivity index (χ3n) is 5.69. The van der Waals surface area contributed by atoms with Crippen molar-refractivity contribution in [2.45, 2.75) is 30.2 Å². The van der Waals surface area contributed by atoms with E-state index in [1.165, 1.54) is 0 Å². The Bertz CT molecular complexity index is 1070. The van der Waals surface area contributed by atoms with Crippen LogP contribution in [0.25, 0.3) is 10.9 Å². The lowest BCUT2D eigenvalue weighted by molar-refractivity contribution is -0.129. The van der Waals surface area contributed by atoms with Gasteiger partial charge in [-0.3, -0.25) is 9.78 Å². The first-order valence-corrected chi connectivity index (χ1v) is 11.4. The van der Waals surface area contributed by atoms with Crippen LogP contribution in [0.4, 0.5) is 0 Å². The Hall–Kier alpha value is -2.73. The molecule has 1 unspecified atom stereocenters. The molecule has 0 bridgehead atoms. The third-order valence-corrected chi connectivity index (χ3v) is 6.75. The number of benzene rings is 2. The number of thioether (sulfide) groups is 1. The number of hydrogen-bond donors (Lipinski definition) is 0. The number of aromatic nitrogens is 1. The van der Waals surface area contributed by atoms with E-state index in [4.69, 9.17) is 9.47 Å². The molecule has 1 aromatic heterocycles. The minimum Gasteiger partial charge on any atom is -0.490 e. The van der Waals surface area contributed by atoms with Gasteiger partial charge in [0.05, 0.1) is 30.5 Å². The molecule has 6 heteroatoms. The second-order valence-electron chi connectivity index (χ2n) is 7.62. The number of rotatable bonds is 4. The van der Waals surface area contributed by atoms with E-state index in [1.807, 2.05) is 41.4 Å². The highest BCUT2D eigenvalue weighted by Gasteiger charge is 2.30. The van der Waals surface area contributed by atoms with Crippen LogP contribution in [0.2, 0.25) is 0 Å². The van der Waals surface area contributed by atoms with Gasteiger partial charge in [0, 0.05) is 29.4 Å². The molecule has 0 N–H and O–H groups in total. The van der Waals surface area contributed by atoms with Gasteiger partial charge >= 0.3 is 0 Å². The first-order chi connectivity index (χ1) is 14.8. The average molecular weight is 421 g/mol. The molecule has 5 rings (SSSR count). The van der Waals surface area contributed by atoms with Gasteiger partial charge in [0.15, 0.2) is 11.5 Å². The zero-order chi connectivity index (χ0) is 20.3. The molecule has 1 fully saturated rings. The van der Waals surface area contributed by atoms with E-state index in [9.17, 15) is 4.79 Å². The monoisotopic (exact) mass is 420 g/mol. The van der Waals surface area contributed by atoms with Gasteiger partial charge in [0.1, 0.15) is 0 Å². The van der Waals surface area contributed by atoms with Crippen molar-refractivity contribution in [1.82, 2.24) is 9.88 Å². The molecule has 0 radical (unpaired) electrons. The maximum absolute atomic E-state index is 13.1. The predicted octanol–water partition coefficient (Wildman–Crippen LogP) is 4.85. The van der Waals surface area contributed by atoms with Crippen LogP contribution in [0, 0.1) is 0 Å². The zero-order valence-corrected chi connectivity index (χ0v) is 17.6. The molecule has 30 heavy (non-hydrogen) atoms. The van der Waals surface area contributed by atoms with Crippen molar-refractivity contribution in [3.63, 3.8) is 0 Å². The Kier molecular flexibility index (Phi) is 5.49. The number of amides is 1. The lowest BCUT2D eigenvalue weighted by Crippen LogP contribution is -2.32. The molecular weight excluding hydrogens is 396 g/mol. The number of ether oxygens (including phenoxy) is 2. The molecule has 0 spiro atoms. The first kappa shape index (κ1) is 19.2. The number of nitrogens with zero attached hydrogens (tertiary/aromatic N) is 2. The number of carbonyl (C=O) groups is 1. The maximum Gasteiger partial charge on any atom is 0.233 e. The summed E-state index contributed by atoms with van der Waals surface area (Å²) < 4.78 is 11.6. The highest BCUT2D eigenvalue weighted by Crippen LogP contribution is 2.38. The van der Waals surface area contributed by atoms with Crippen molar-refractivity contribution in [3.8, 4) is 11.5 Å². The molecule has 0 saturated carbocycles. The lowest BCUT2D eigenvalue weighted by atomic mass is 10.0. The first-order valence-electron chi connectivity index (χ1n) is 10.5. The number of pyridine rings is 1. The number of fused-ring (bicyclic) bond motifs is 2. The fraction of sp³-hybridized carbons (Fsp3) is 0.333. The van der Waals surface area contributed by atoms with Gasteiger partial charge in [0.25, 0.3) is 0 Å². The largest absolute Gasteiger partial charge is 0.490 e. The van der Waals surface area contributed by atoms with Gasteiger partial charge in [0.2, 0.25) is 5.91 Å². The van der Waals surface area contributed by atoms with Crippen LogP contribution in [0.5, 0.6) is 11.5 Å². The molecule has 2 aliphatic heterocycles. The van der Waals surface area contributed by atoms with Gasteiger partial charge in [-0.1, -0.05) is 24.3 Å². The molecule has 3 heterocycles. The summed E-state index contributed by atoms with van der Waals surface area (Å²) in [5.74, 6) is 2.19. The summed E-state index contributed by atoms with van der Waals surface area (Å²) in [4.78, 5) is 20.6. The quantitative estimate of drug-likeness (QED) is 0.565. The van der Waals surface area contributed by atoms with Gasteiger partial charge in [-0.15, -0.1) is 11.8 Å². The van der Waals surface area contributed by atoms with E-state index in [2.05, 4.69) is 23.2 Å². The standard InChI is InChI=1S/C24H24N2O3S/c27-24(16-30-23-10-11-25-19-6-2-1-5-18(19)23)26-12-3-7-20(26)17-8-9-21-22(15-17)29-14-4-13-28-21/h1-2,5-6,8-11,15,20H,3-4,7,12-14,16H2. The zero-order valence-electron chi connectivity index (χ0n) is 16.8. The summed E-state index contributed by atoms with van der Waals surface area (Å²) in [6.07, 6.45) is 4.70. The maximum atomic E-state index is 13.1. The lowest BCUT2D eigenvalue weighted by Gasteiger charge is -2.25. The van der Waals surface area contributed by atoms with E-state index in [0.717, 1.165) is 58.7 Å². The number of carbonyl (C=O) groups excluding carboxylic acids is 1. The van der Waals surface area contributed by atoms with Crippen LogP contribution in [0.3, 0.4) is 0 Å². The SMILES string of the molecule is O=C(CSc1ccnc2ccccc12)N1CCCC1c1ccc2c(c1)OCCCO2. The molecule has 154 valence electrons. The normalized spacial score (nSPS) is 18.4. The average Bonchev–Trinajstić information content (AvgIpc) is 3.16. The number of hydrogen-bond acceptors (Lipinski definition) is 5. The van der Waals surface area contributed by atoms with E-state index in [0.29, 0.717) is 19.0 Å². The molecular formula is C24H24N2O3S. The Morgan fingerprint density at radius 1 is 1.07 bits per heavy atom. The highest BCUT2D eigenvalue weighted by atomic mass is 32.2. The number of likely N-dealkylation sites (tertiary alicyclic amines) is 1. The smallest absolute Gasteiger partial charge is 0.233 e. The Morgan fingerprint density at radius 2 is 1.93 bits per heavy atom. The van der Waals surface area contributed by atoms with Crippen LogP contribution in [0.1, 0.15) is 30.9 Å². The molecule has 1 amide bonds. The fourth-order valence-electron chi connectivity index (χ4n) is 4.22. The van der Waals surface area contributed by atoms with Crippen LogP contribution >= 0.6 is 11.8 Å². The van der Waals surface area contributed by atoms with Gasteiger partial charge in [-0.05, 0) is 42.7 Å². The molecule has 0 aliphatic carbocycles. The summed E-state index contributed by atoms with van der Waals surface area (Å²) in [7, 11) is 0. The summed E-state index contributed by atoms with van der Waals surface area (Å²) in [5, 5.41) is 1.10. The summed E-state index contributed by atoms with van der Waals surface area (Å²) in [6.45, 7) is 2.15. The summed E-state index contributed by atoms with van der Waals surface area (Å²) in [5.41, 5.74) is 2.09. The van der Waals surface area contributed by atoms with Crippen LogP contribution < -0.4 is 9.47 Å². The van der Waals surface area contributed by atoms with Gasteiger partial charge in [-0.2, -0.15) is 0 Å². The molecule has 2 aliphatic rings. The van der Waals surface area contributed by atoms with E-state index in [1.54, 1.807) is 11.8 Å². The van der Waals surface area contributed by atoms with Crippen LogP contribution in [0.15, 0.2) is 59.6 Å². The van der Waals surface area contributed by atoms with Crippen molar-refractivity contribution >= 4 is 28.6 Å². The van der Waals surface area contributed by atoms with Gasteiger partial charge in [-0.25, -0.2) is 0 Å². The summed E-state index contributed by atoms with van der Waals surface area (Å²) >= 11 is 1.59. The Balaban J connectivity index is 1.31. The van der Waals surface area contributed by atoms with Crippen molar-refractivity contribution in [2.75, 3.05) is 25.5 Å². The summed E-state index contributed by atoms with van der Waals surface area (Å²) in [6, 6.07) is 16.3. The van der Waals surface area contributed by atoms with E-state index in [-0.39, 0.29) is 11.9 Å². The van der Waals surface area contributed by atoms with E-state index >= 15 is 0 Å². The predicted molar refractivity (Wildman–Crippen MR) is 118 cm³/mol. The molecule has 1 saturated heterocycles. The fourth-order valence-corrected chi connectivity index (χ4v) is 5.15. The molecule has 2 aromatic carbocycles. The third kappa shape index (κ3) is 3.84. The molecule has 1 atom stereocenters. The van der Waals surface area contributed by atoms with Crippen molar-refractivity contribution in [1.29, 1.82) is 0 Å². The van der Waals surface area contributed by atoms with Crippen LogP contribution in [-0.2, 0) is 4.79 Å². The highest BCUT2D eigenvalue weighted by molar-refractivity contribution is 8.00. The van der Waals surface area contributed by atoms with Crippen molar-refractivity contribution < 1.29 is 14.3 Å². The second kappa shape index (κ2) is 8.56. The topological polar surface area (TPSA) is 51.7 Å².